The number of hydrogen-bond acceptors (Lipinski definition) is 2. The molecule has 0 aliphatic heterocycles. The Hall–Kier alpha value is -6.22. The van der Waals surface area contributed by atoms with Crippen LogP contribution in [0.15, 0.2) is 146 Å². The maximum absolute atomic E-state index is 8.00. The van der Waals surface area contributed by atoms with Gasteiger partial charge in [0, 0.05) is 59.3 Å². The number of rotatable bonds is 3. The van der Waals surface area contributed by atoms with Gasteiger partial charge in [0.1, 0.15) is 5.65 Å². The molecule has 6 aromatic carbocycles. The highest BCUT2D eigenvalue weighted by Gasteiger charge is 2.18. The first-order valence-electron chi connectivity index (χ1n) is 15.6. The van der Waals surface area contributed by atoms with Crippen LogP contribution in [0.5, 0.6) is 0 Å². The molecule has 0 N–H and O–H groups in total. The molecule has 0 saturated carbocycles. The minimum atomic E-state index is 0.607. The summed E-state index contributed by atoms with van der Waals surface area (Å²) in [5.41, 5.74) is 8.98. The number of benzene rings is 6. The van der Waals surface area contributed by atoms with Gasteiger partial charge in [-0.1, -0.05) is 66.7 Å². The van der Waals surface area contributed by atoms with Crippen molar-refractivity contribution in [2.24, 2.45) is 0 Å². The Morgan fingerprint density at radius 1 is 0.489 bits per heavy atom. The van der Waals surface area contributed by atoms with Crippen LogP contribution in [-0.2, 0) is 0 Å². The molecule has 10 rings (SSSR count). The van der Waals surface area contributed by atoms with Gasteiger partial charge in [0.05, 0.1) is 23.1 Å². The first-order chi connectivity index (χ1) is 23.2. The molecule has 10 aromatic rings. The summed E-state index contributed by atoms with van der Waals surface area (Å²) < 4.78 is 7.12. The molecule has 0 radical (unpaired) electrons. The van der Waals surface area contributed by atoms with Gasteiger partial charge in [-0.2, -0.15) is 0 Å². The fourth-order valence-corrected chi connectivity index (χ4v) is 8.42. The van der Waals surface area contributed by atoms with Crippen molar-refractivity contribution in [3.05, 3.63) is 157 Å². The Morgan fingerprint density at radius 2 is 1.21 bits per heavy atom. The molecule has 0 fully saturated rings. The van der Waals surface area contributed by atoms with Crippen molar-refractivity contribution >= 4 is 80.9 Å². The summed E-state index contributed by atoms with van der Waals surface area (Å²) >= 11 is 1.83. The third kappa shape index (κ3) is 3.83. The van der Waals surface area contributed by atoms with E-state index in [1.807, 2.05) is 35.7 Å². The normalized spacial score (nSPS) is 11.8. The molecule has 0 atom stereocenters. The van der Waals surface area contributed by atoms with Gasteiger partial charge in [-0.15, -0.1) is 11.3 Å². The molecule has 47 heavy (non-hydrogen) atoms. The van der Waals surface area contributed by atoms with Crippen LogP contribution < -0.4 is 0 Å². The van der Waals surface area contributed by atoms with Crippen molar-refractivity contribution in [3.63, 3.8) is 0 Å². The standard InChI is InChI=1S/C42H24N4S/c1-43-28-20-27(22-30(23-28)45-37-16-5-2-12-31(37)32-13-3-6-17-38(32)45)26-10-8-11-29(21-26)46-39-25-41-36(33-14-4-7-18-40(33)47-41)24-35(39)34-15-9-19-44-42(34)46/h2-25H. The van der Waals surface area contributed by atoms with Crippen molar-refractivity contribution < 1.29 is 0 Å². The van der Waals surface area contributed by atoms with Crippen LogP contribution in [-0.4, -0.2) is 14.1 Å². The zero-order valence-electron chi connectivity index (χ0n) is 25.1. The molecule has 218 valence electrons. The summed E-state index contributed by atoms with van der Waals surface area (Å²) in [5, 5.41) is 7.30. The quantitative estimate of drug-likeness (QED) is 0.181. The Kier molecular flexibility index (Phi) is 5.48. The lowest BCUT2D eigenvalue weighted by Crippen LogP contribution is -1.97. The number of thiophene rings is 1. The van der Waals surface area contributed by atoms with Gasteiger partial charge in [-0.25, -0.2) is 9.83 Å². The van der Waals surface area contributed by atoms with E-state index in [1.165, 1.54) is 36.3 Å². The van der Waals surface area contributed by atoms with Crippen LogP contribution in [0.2, 0.25) is 0 Å². The largest absolute Gasteiger partial charge is 0.310 e. The SMILES string of the molecule is [C-]#[N+]c1cc(-c2cccc(-n3c4cc5sc6ccccc6c5cc4c4cccnc43)c2)cc(-n2c3ccccc3c3ccccc32)c1. The van der Waals surface area contributed by atoms with Crippen LogP contribution >= 0.6 is 11.3 Å². The first kappa shape index (κ1) is 26.0. The summed E-state index contributed by atoms with van der Waals surface area (Å²) in [7, 11) is 0. The lowest BCUT2D eigenvalue weighted by atomic mass is 10.0. The first-order valence-corrected chi connectivity index (χ1v) is 16.4. The second-order valence-corrected chi connectivity index (χ2v) is 13.0. The molecular weight excluding hydrogens is 593 g/mol. The topological polar surface area (TPSA) is 27.1 Å². The zero-order valence-corrected chi connectivity index (χ0v) is 25.9. The fraction of sp³-hybridized carbons (Fsp3) is 0. The zero-order chi connectivity index (χ0) is 31.1. The predicted octanol–water partition coefficient (Wildman–Crippen LogP) is 11.9. The van der Waals surface area contributed by atoms with E-state index in [0.29, 0.717) is 5.69 Å². The Bertz CT molecular complexity index is 2880. The summed E-state index contributed by atoms with van der Waals surface area (Å²) in [6.07, 6.45) is 1.87. The van der Waals surface area contributed by atoms with Gasteiger partial charge in [0.2, 0.25) is 0 Å². The van der Waals surface area contributed by atoms with E-state index < -0.39 is 0 Å². The predicted molar refractivity (Wildman–Crippen MR) is 198 cm³/mol. The number of pyridine rings is 1. The van der Waals surface area contributed by atoms with E-state index in [0.717, 1.165) is 50.1 Å². The molecule has 0 aliphatic rings. The molecule has 0 amide bonds. The molecule has 5 heteroatoms. The number of para-hydroxylation sites is 2. The highest BCUT2D eigenvalue weighted by molar-refractivity contribution is 7.25. The van der Waals surface area contributed by atoms with Gasteiger partial charge >= 0.3 is 0 Å². The number of fused-ring (bicyclic) bond motifs is 9. The fourth-order valence-electron chi connectivity index (χ4n) is 7.30. The monoisotopic (exact) mass is 616 g/mol. The number of aromatic nitrogens is 3. The van der Waals surface area contributed by atoms with Gasteiger partial charge in [0.15, 0.2) is 5.69 Å². The van der Waals surface area contributed by atoms with Crippen LogP contribution in [0.4, 0.5) is 5.69 Å². The maximum Gasteiger partial charge on any atom is 0.189 e. The Balaban J connectivity index is 1.20. The van der Waals surface area contributed by atoms with Crippen molar-refractivity contribution in [1.29, 1.82) is 0 Å². The molecule has 0 saturated heterocycles. The van der Waals surface area contributed by atoms with Crippen molar-refractivity contribution in [2.75, 3.05) is 0 Å². The van der Waals surface area contributed by atoms with E-state index in [9.17, 15) is 0 Å². The van der Waals surface area contributed by atoms with Crippen molar-refractivity contribution in [1.82, 2.24) is 14.1 Å². The minimum Gasteiger partial charge on any atom is -0.310 e. The lowest BCUT2D eigenvalue weighted by molar-refractivity contribution is 1.14. The molecule has 4 aromatic heterocycles. The van der Waals surface area contributed by atoms with Gasteiger partial charge in [-0.3, -0.25) is 4.57 Å². The van der Waals surface area contributed by atoms with Crippen LogP contribution in [0.1, 0.15) is 0 Å². The summed E-state index contributed by atoms with van der Waals surface area (Å²) in [6, 6.07) is 49.3. The average molecular weight is 617 g/mol. The Morgan fingerprint density at radius 3 is 2.02 bits per heavy atom. The van der Waals surface area contributed by atoms with E-state index >= 15 is 0 Å². The molecule has 4 nitrogen and oxygen atoms in total. The van der Waals surface area contributed by atoms with E-state index in [-0.39, 0.29) is 0 Å². The highest BCUT2D eigenvalue weighted by atomic mass is 32.1. The van der Waals surface area contributed by atoms with Gasteiger partial charge in [0.25, 0.3) is 0 Å². The third-order valence-electron chi connectivity index (χ3n) is 9.33. The Labute approximate surface area is 273 Å². The summed E-state index contributed by atoms with van der Waals surface area (Å²) in [4.78, 5) is 8.80. The molecule has 0 aliphatic carbocycles. The minimum absolute atomic E-state index is 0.607. The van der Waals surface area contributed by atoms with Crippen LogP contribution in [0.25, 0.3) is 91.3 Å². The van der Waals surface area contributed by atoms with E-state index in [1.54, 1.807) is 0 Å². The summed E-state index contributed by atoms with van der Waals surface area (Å²) in [5.74, 6) is 0. The van der Waals surface area contributed by atoms with Gasteiger partial charge < -0.3 is 4.57 Å². The van der Waals surface area contributed by atoms with Gasteiger partial charge in [-0.05, 0) is 83.9 Å². The average Bonchev–Trinajstić information content (AvgIpc) is 3.77. The van der Waals surface area contributed by atoms with E-state index in [4.69, 9.17) is 11.6 Å². The lowest BCUT2D eigenvalue weighted by Gasteiger charge is -2.13. The molecule has 0 unspecified atom stereocenters. The molecule has 0 spiro atoms. The van der Waals surface area contributed by atoms with E-state index in [2.05, 4.69) is 135 Å². The third-order valence-corrected chi connectivity index (χ3v) is 10.5. The smallest absolute Gasteiger partial charge is 0.189 e. The summed E-state index contributed by atoms with van der Waals surface area (Å²) in [6.45, 7) is 8.00. The molecular formula is C42H24N4S. The number of hydrogen-bond donors (Lipinski definition) is 0. The maximum atomic E-state index is 8.00. The highest BCUT2D eigenvalue weighted by Crippen LogP contribution is 2.41. The second-order valence-electron chi connectivity index (χ2n) is 11.9. The van der Waals surface area contributed by atoms with Crippen molar-refractivity contribution in [3.8, 4) is 22.5 Å². The molecule has 4 heterocycles. The molecule has 0 bridgehead atoms. The van der Waals surface area contributed by atoms with Crippen LogP contribution in [0.3, 0.4) is 0 Å². The van der Waals surface area contributed by atoms with Crippen LogP contribution in [0, 0.1) is 6.57 Å². The van der Waals surface area contributed by atoms with Crippen molar-refractivity contribution in [2.45, 2.75) is 0 Å². The second kappa shape index (κ2) is 9.89. The number of nitrogens with zero attached hydrogens (tertiary/aromatic N) is 4.